The van der Waals surface area contributed by atoms with E-state index >= 15 is 0 Å². The smallest absolute Gasteiger partial charge is 0.231 e. The van der Waals surface area contributed by atoms with Gasteiger partial charge in [-0.2, -0.15) is 0 Å². The van der Waals surface area contributed by atoms with Crippen molar-refractivity contribution in [3.05, 3.63) is 105 Å². The van der Waals surface area contributed by atoms with E-state index in [9.17, 15) is 14.0 Å². The second-order valence-electron chi connectivity index (χ2n) is 7.94. The number of hydrogen-bond donors (Lipinski definition) is 0. The van der Waals surface area contributed by atoms with Crippen LogP contribution in [0.2, 0.25) is 0 Å². The van der Waals surface area contributed by atoms with Crippen LogP contribution >= 0.6 is 0 Å². The topological polar surface area (TPSA) is 57.5 Å². The molecule has 5 nitrogen and oxygen atoms in total. The van der Waals surface area contributed by atoms with E-state index in [-0.39, 0.29) is 30.5 Å². The molecule has 160 valence electrons. The Morgan fingerprint density at radius 3 is 2.50 bits per heavy atom. The summed E-state index contributed by atoms with van der Waals surface area (Å²) in [5.41, 5.74) is 3.07. The summed E-state index contributed by atoms with van der Waals surface area (Å²) in [6.45, 7) is 4.09. The largest absolute Gasteiger partial charge is 0.454 e. The number of aryl methyl sites for hydroxylation is 2. The average molecular weight is 429 g/mol. The lowest BCUT2D eigenvalue weighted by atomic mass is 9.98. The molecule has 0 amide bonds. The molecule has 0 bridgehead atoms. The molecule has 1 aromatic heterocycles. The summed E-state index contributed by atoms with van der Waals surface area (Å²) in [7, 11) is 0. The van der Waals surface area contributed by atoms with Crippen molar-refractivity contribution < 1.29 is 18.7 Å². The van der Waals surface area contributed by atoms with Crippen molar-refractivity contribution in [2.24, 2.45) is 0 Å². The highest BCUT2D eigenvalue weighted by Crippen LogP contribution is 2.35. The second kappa shape index (κ2) is 7.64. The van der Waals surface area contributed by atoms with Crippen LogP contribution in [0, 0.1) is 19.7 Å². The first-order valence-corrected chi connectivity index (χ1v) is 10.2. The van der Waals surface area contributed by atoms with Gasteiger partial charge in [0, 0.05) is 23.4 Å². The Kier molecular flexibility index (Phi) is 4.78. The monoisotopic (exact) mass is 429 g/mol. The third-order valence-corrected chi connectivity index (χ3v) is 5.89. The number of ether oxygens (including phenoxy) is 2. The minimum absolute atomic E-state index is 0.0240. The molecule has 0 saturated carbocycles. The van der Waals surface area contributed by atoms with Gasteiger partial charge in [0.1, 0.15) is 5.82 Å². The number of hydrogen-bond acceptors (Lipinski definition) is 4. The van der Waals surface area contributed by atoms with Crippen LogP contribution in [-0.4, -0.2) is 17.1 Å². The Hall–Kier alpha value is -3.93. The molecule has 5 rings (SSSR count). The molecular formula is C26H20FNO4. The maximum atomic E-state index is 14.4. The zero-order chi connectivity index (χ0) is 22.4. The number of halogens is 1. The Morgan fingerprint density at radius 2 is 1.75 bits per heavy atom. The maximum absolute atomic E-state index is 14.4. The second-order valence-corrected chi connectivity index (χ2v) is 7.94. The highest BCUT2D eigenvalue weighted by atomic mass is 19.1. The Morgan fingerprint density at radius 1 is 1.00 bits per heavy atom. The van der Waals surface area contributed by atoms with Gasteiger partial charge in [-0.25, -0.2) is 4.39 Å². The molecule has 6 heteroatoms. The normalized spacial score (nSPS) is 12.3. The molecule has 3 aromatic carbocycles. The van der Waals surface area contributed by atoms with Crippen molar-refractivity contribution in [1.29, 1.82) is 0 Å². The molecule has 1 aliphatic rings. The molecule has 0 N–H and O–H groups in total. The van der Waals surface area contributed by atoms with Gasteiger partial charge in [0.15, 0.2) is 17.3 Å². The van der Waals surface area contributed by atoms with Gasteiger partial charge in [-0.15, -0.1) is 0 Å². The van der Waals surface area contributed by atoms with Crippen LogP contribution in [0.3, 0.4) is 0 Å². The van der Waals surface area contributed by atoms with Gasteiger partial charge in [0.05, 0.1) is 23.0 Å². The van der Waals surface area contributed by atoms with Crippen molar-refractivity contribution in [1.82, 2.24) is 4.57 Å². The van der Waals surface area contributed by atoms with Gasteiger partial charge in [0.2, 0.25) is 12.2 Å². The standard InChI is InChI=1S/C26H20FNO4/c1-15-7-8-17(9-16(15)2)25(29)20-13-28(12-18-5-3-4-6-21(18)27)22-11-24-23(31-14-32-24)10-19(22)26(20)30/h3-11,13H,12,14H2,1-2H3. The van der Waals surface area contributed by atoms with E-state index in [0.29, 0.717) is 33.5 Å². The van der Waals surface area contributed by atoms with Crippen LogP contribution < -0.4 is 14.9 Å². The van der Waals surface area contributed by atoms with Crippen LogP contribution in [0.4, 0.5) is 4.39 Å². The summed E-state index contributed by atoms with van der Waals surface area (Å²) in [6.07, 6.45) is 1.51. The zero-order valence-electron chi connectivity index (χ0n) is 17.6. The van der Waals surface area contributed by atoms with Crippen molar-refractivity contribution in [2.75, 3.05) is 6.79 Å². The van der Waals surface area contributed by atoms with Gasteiger partial charge in [-0.05, 0) is 43.2 Å². The van der Waals surface area contributed by atoms with Crippen molar-refractivity contribution in [3.63, 3.8) is 0 Å². The summed E-state index contributed by atoms with van der Waals surface area (Å²) in [5, 5.41) is 0.320. The number of benzene rings is 3. The molecule has 0 fully saturated rings. The van der Waals surface area contributed by atoms with Gasteiger partial charge in [-0.3, -0.25) is 9.59 Å². The quantitative estimate of drug-likeness (QED) is 0.439. The highest BCUT2D eigenvalue weighted by molar-refractivity contribution is 6.10. The van der Waals surface area contributed by atoms with Crippen LogP contribution in [0.15, 0.2) is 65.6 Å². The third-order valence-electron chi connectivity index (χ3n) is 5.89. The summed E-state index contributed by atoms with van der Waals surface area (Å²) >= 11 is 0. The summed E-state index contributed by atoms with van der Waals surface area (Å²) in [6, 6.07) is 15.1. The first-order valence-electron chi connectivity index (χ1n) is 10.2. The fourth-order valence-electron chi connectivity index (χ4n) is 3.92. The number of carbonyl (C=O) groups is 1. The first-order chi connectivity index (χ1) is 15.4. The number of ketones is 1. The number of carbonyl (C=O) groups excluding carboxylic acids is 1. The fraction of sp³-hybridized carbons (Fsp3) is 0.154. The van der Waals surface area contributed by atoms with Crippen molar-refractivity contribution in [2.45, 2.75) is 20.4 Å². The highest BCUT2D eigenvalue weighted by Gasteiger charge is 2.22. The summed E-state index contributed by atoms with van der Waals surface area (Å²) < 4.78 is 27.0. The van der Waals surface area contributed by atoms with Crippen LogP contribution in [0.5, 0.6) is 11.5 Å². The number of pyridine rings is 1. The van der Waals surface area contributed by atoms with Gasteiger partial charge in [-0.1, -0.05) is 30.3 Å². The Balaban J connectivity index is 1.73. The van der Waals surface area contributed by atoms with Gasteiger partial charge < -0.3 is 14.0 Å². The van der Waals surface area contributed by atoms with E-state index in [1.165, 1.54) is 12.3 Å². The molecule has 0 aliphatic carbocycles. The Labute approximate surface area is 183 Å². The lowest BCUT2D eigenvalue weighted by Gasteiger charge is -2.15. The molecule has 0 saturated heterocycles. The molecule has 0 radical (unpaired) electrons. The molecule has 32 heavy (non-hydrogen) atoms. The molecule has 4 aromatic rings. The minimum atomic E-state index is -0.397. The van der Waals surface area contributed by atoms with E-state index in [4.69, 9.17) is 9.47 Å². The van der Waals surface area contributed by atoms with E-state index < -0.39 is 5.43 Å². The van der Waals surface area contributed by atoms with E-state index in [2.05, 4.69) is 0 Å². The van der Waals surface area contributed by atoms with Gasteiger partial charge >= 0.3 is 0 Å². The van der Waals surface area contributed by atoms with E-state index in [1.54, 1.807) is 47.0 Å². The van der Waals surface area contributed by atoms with Crippen LogP contribution in [-0.2, 0) is 6.54 Å². The van der Waals surface area contributed by atoms with Crippen molar-refractivity contribution in [3.8, 4) is 11.5 Å². The first kappa shape index (κ1) is 20.0. The summed E-state index contributed by atoms with van der Waals surface area (Å²) in [5.74, 6) is 0.220. The third kappa shape index (κ3) is 3.34. The molecule has 0 atom stereocenters. The van der Waals surface area contributed by atoms with E-state index in [0.717, 1.165) is 11.1 Å². The van der Waals surface area contributed by atoms with E-state index in [1.807, 2.05) is 19.9 Å². The number of rotatable bonds is 4. The average Bonchev–Trinajstić information content (AvgIpc) is 3.25. The van der Waals surface area contributed by atoms with Crippen LogP contribution in [0.25, 0.3) is 10.9 Å². The Bertz CT molecular complexity index is 1450. The lowest BCUT2D eigenvalue weighted by Crippen LogP contribution is -2.20. The predicted molar refractivity (Wildman–Crippen MR) is 119 cm³/mol. The minimum Gasteiger partial charge on any atom is -0.454 e. The summed E-state index contributed by atoms with van der Waals surface area (Å²) in [4.78, 5) is 26.7. The molecule has 1 aliphatic heterocycles. The van der Waals surface area contributed by atoms with Crippen molar-refractivity contribution >= 4 is 16.7 Å². The molecule has 0 unspecified atom stereocenters. The number of aromatic nitrogens is 1. The lowest BCUT2D eigenvalue weighted by molar-refractivity contribution is 0.103. The SMILES string of the molecule is Cc1ccc(C(=O)c2cn(Cc3ccccc3F)c3cc4c(cc3c2=O)OCO4)cc1C. The zero-order valence-corrected chi connectivity index (χ0v) is 17.6. The predicted octanol–water partition coefficient (Wildman–Crippen LogP) is 4.77. The molecule has 0 spiro atoms. The number of fused-ring (bicyclic) bond motifs is 2. The fourth-order valence-corrected chi connectivity index (χ4v) is 3.92. The number of nitrogens with zero attached hydrogens (tertiary/aromatic N) is 1. The van der Waals surface area contributed by atoms with Crippen LogP contribution in [0.1, 0.15) is 32.6 Å². The van der Waals surface area contributed by atoms with Gasteiger partial charge in [0.25, 0.3) is 0 Å². The molecular weight excluding hydrogens is 409 g/mol. The maximum Gasteiger partial charge on any atom is 0.231 e. The molecule has 2 heterocycles.